The molecular formula is C18H30O2SSi. The van der Waals surface area contributed by atoms with Gasteiger partial charge in [-0.15, -0.1) is 0 Å². The standard InChI is InChI=1S/C18H30O2SSi/c1-18(2,3)21-17(19)14-16(20-22(4,5)6)13-12-15-10-8-7-9-11-15/h7-11,16H,12-14H2,1-6H3/t16-/m0/s1. The lowest BCUT2D eigenvalue weighted by molar-refractivity contribution is -0.112. The fourth-order valence-electron chi connectivity index (χ4n) is 2.24. The minimum absolute atomic E-state index is 0.0276. The SMILES string of the molecule is CC(C)(C)SC(=O)C[C@H](CCc1ccccc1)O[Si](C)(C)C. The predicted octanol–water partition coefficient (Wildman–Crippen LogP) is 5.29. The average molecular weight is 339 g/mol. The summed E-state index contributed by atoms with van der Waals surface area (Å²) < 4.78 is 6.22. The second-order valence-corrected chi connectivity index (χ2v) is 14.0. The van der Waals surface area contributed by atoms with Gasteiger partial charge in [0.05, 0.1) is 6.10 Å². The molecule has 0 N–H and O–H groups in total. The van der Waals surface area contributed by atoms with Crippen LogP contribution in [0, 0.1) is 0 Å². The van der Waals surface area contributed by atoms with Crippen LogP contribution in [0.25, 0.3) is 0 Å². The van der Waals surface area contributed by atoms with Gasteiger partial charge in [-0.1, -0.05) is 62.9 Å². The number of carbonyl (C=O) groups is 1. The normalized spacial score (nSPS) is 13.9. The summed E-state index contributed by atoms with van der Waals surface area (Å²) >= 11 is 1.43. The zero-order chi connectivity index (χ0) is 16.8. The van der Waals surface area contributed by atoms with Gasteiger partial charge < -0.3 is 4.43 Å². The number of aryl methyl sites for hydroxylation is 1. The van der Waals surface area contributed by atoms with Crippen molar-refractivity contribution in [3.63, 3.8) is 0 Å². The maximum Gasteiger partial charge on any atom is 0.191 e. The van der Waals surface area contributed by atoms with Crippen molar-refractivity contribution in [2.24, 2.45) is 0 Å². The van der Waals surface area contributed by atoms with Gasteiger partial charge in [0.1, 0.15) is 0 Å². The quantitative estimate of drug-likeness (QED) is 0.632. The summed E-state index contributed by atoms with van der Waals surface area (Å²) in [5, 5.41) is 0.240. The second-order valence-electron chi connectivity index (χ2n) is 7.67. The molecule has 0 unspecified atom stereocenters. The van der Waals surface area contributed by atoms with Crippen LogP contribution in [0.3, 0.4) is 0 Å². The molecule has 0 fully saturated rings. The third-order valence-corrected chi connectivity index (χ3v) is 4.98. The molecule has 0 aliphatic carbocycles. The minimum Gasteiger partial charge on any atom is -0.414 e. The number of hydrogen-bond donors (Lipinski definition) is 0. The molecule has 0 amide bonds. The summed E-state index contributed by atoms with van der Waals surface area (Å²) in [6, 6.07) is 10.4. The lowest BCUT2D eigenvalue weighted by Gasteiger charge is -2.27. The van der Waals surface area contributed by atoms with Crippen LogP contribution in [-0.4, -0.2) is 24.3 Å². The Morgan fingerprint density at radius 2 is 1.77 bits per heavy atom. The molecule has 2 nitrogen and oxygen atoms in total. The Hall–Kier alpha value is -0.583. The fourth-order valence-corrected chi connectivity index (χ4v) is 4.40. The van der Waals surface area contributed by atoms with Crippen molar-refractivity contribution >= 4 is 25.2 Å². The van der Waals surface area contributed by atoms with Crippen molar-refractivity contribution in [3.05, 3.63) is 35.9 Å². The zero-order valence-electron chi connectivity index (χ0n) is 14.8. The highest BCUT2D eigenvalue weighted by atomic mass is 32.2. The summed E-state index contributed by atoms with van der Waals surface area (Å²) in [6.45, 7) is 12.8. The van der Waals surface area contributed by atoms with E-state index in [2.05, 4.69) is 64.7 Å². The summed E-state index contributed by atoms with van der Waals surface area (Å²) in [6.07, 6.45) is 2.42. The first kappa shape index (κ1) is 19.5. The van der Waals surface area contributed by atoms with Crippen LogP contribution in [0.2, 0.25) is 19.6 Å². The first-order valence-corrected chi connectivity index (χ1v) is 12.2. The summed E-state index contributed by atoms with van der Waals surface area (Å²) in [5.41, 5.74) is 1.31. The third-order valence-electron chi connectivity index (χ3n) is 2.93. The smallest absolute Gasteiger partial charge is 0.191 e. The number of benzene rings is 1. The van der Waals surface area contributed by atoms with Gasteiger partial charge in [0.2, 0.25) is 0 Å². The molecule has 0 saturated heterocycles. The number of thioether (sulfide) groups is 1. The first-order valence-electron chi connectivity index (χ1n) is 7.99. The van der Waals surface area contributed by atoms with E-state index < -0.39 is 8.32 Å². The van der Waals surface area contributed by atoms with Crippen LogP contribution in [0.5, 0.6) is 0 Å². The van der Waals surface area contributed by atoms with Crippen molar-refractivity contribution in [3.8, 4) is 0 Å². The predicted molar refractivity (Wildman–Crippen MR) is 100.0 cm³/mol. The van der Waals surface area contributed by atoms with Crippen LogP contribution in [0.15, 0.2) is 30.3 Å². The van der Waals surface area contributed by atoms with E-state index in [1.807, 2.05) is 6.07 Å². The van der Waals surface area contributed by atoms with Crippen molar-refractivity contribution in [1.29, 1.82) is 0 Å². The highest BCUT2D eigenvalue weighted by Gasteiger charge is 2.25. The molecule has 0 spiro atoms. The molecule has 124 valence electrons. The second kappa shape index (κ2) is 8.32. The van der Waals surface area contributed by atoms with Gasteiger partial charge in [0, 0.05) is 11.2 Å². The molecule has 0 saturated carbocycles. The van der Waals surface area contributed by atoms with Gasteiger partial charge in [-0.2, -0.15) is 0 Å². The van der Waals surface area contributed by atoms with Crippen LogP contribution < -0.4 is 0 Å². The van der Waals surface area contributed by atoms with E-state index in [1.165, 1.54) is 17.3 Å². The van der Waals surface area contributed by atoms with Crippen molar-refractivity contribution in [2.75, 3.05) is 0 Å². The molecule has 22 heavy (non-hydrogen) atoms. The van der Waals surface area contributed by atoms with Gasteiger partial charge >= 0.3 is 0 Å². The molecule has 0 aromatic heterocycles. The zero-order valence-corrected chi connectivity index (χ0v) is 16.6. The topological polar surface area (TPSA) is 26.3 Å². The van der Waals surface area contributed by atoms with Crippen molar-refractivity contribution in [1.82, 2.24) is 0 Å². The van der Waals surface area contributed by atoms with E-state index in [-0.39, 0.29) is 16.0 Å². The molecule has 1 rings (SSSR count). The van der Waals surface area contributed by atoms with Crippen LogP contribution >= 0.6 is 11.8 Å². The van der Waals surface area contributed by atoms with Crippen LogP contribution in [-0.2, 0) is 15.6 Å². The molecule has 4 heteroatoms. The maximum absolute atomic E-state index is 12.3. The van der Waals surface area contributed by atoms with Gasteiger partial charge in [-0.25, -0.2) is 0 Å². The lowest BCUT2D eigenvalue weighted by atomic mass is 10.1. The molecule has 1 aromatic rings. The monoisotopic (exact) mass is 338 g/mol. The molecule has 1 atom stereocenters. The van der Waals surface area contributed by atoms with E-state index >= 15 is 0 Å². The Morgan fingerprint density at radius 3 is 2.27 bits per heavy atom. The Bertz CT molecular complexity index is 460. The van der Waals surface area contributed by atoms with Gasteiger partial charge in [-0.05, 0) is 38.0 Å². The first-order chi connectivity index (χ1) is 10.1. The Balaban J connectivity index is 2.61. The van der Waals surface area contributed by atoms with Crippen molar-refractivity contribution in [2.45, 2.75) is 70.5 Å². The van der Waals surface area contributed by atoms with Crippen LogP contribution in [0.1, 0.15) is 39.2 Å². The molecule has 0 bridgehead atoms. The lowest BCUT2D eigenvalue weighted by Crippen LogP contribution is -2.33. The maximum atomic E-state index is 12.3. The Kier molecular flexibility index (Phi) is 7.36. The van der Waals surface area contributed by atoms with E-state index in [4.69, 9.17) is 4.43 Å². The van der Waals surface area contributed by atoms with E-state index in [0.29, 0.717) is 6.42 Å². The number of hydrogen-bond acceptors (Lipinski definition) is 3. The Morgan fingerprint density at radius 1 is 1.18 bits per heavy atom. The molecule has 0 aliphatic rings. The van der Waals surface area contributed by atoms with Gasteiger partial charge in [0.25, 0.3) is 0 Å². The summed E-state index contributed by atoms with van der Waals surface area (Å²) in [5.74, 6) is 0. The number of rotatable bonds is 7. The highest BCUT2D eigenvalue weighted by molar-refractivity contribution is 8.14. The van der Waals surface area contributed by atoms with E-state index in [1.54, 1.807) is 0 Å². The number of carbonyl (C=O) groups excluding carboxylic acids is 1. The highest BCUT2D eigenvalue weighted by Crippen LogP contribution is 2.27. The molecule has 0 heterocycles. The van der Waals surface area contributed by atoms with Crippen LogP contribution in [0.4, 0.5) is 0 Å². The molecule has 0 radical (unpaired) electrons. The third kappa shape index (κ3) is 9.44. The average Bonchev–Trinajstić information content (AvgIpc) is 2.33. The van der Waals surface area contributed by atoms with Crippen molar-refractivity contribution < 1.29 is 9.22 Å². The van der Waals surface area contributed by atoms with Gasteiger partial charge in [0.15, 0.2) is 13.4 Å². The summed E-state index contributed by atoms with van der Waals surface area (Å²) in [4.78, 5) is 12.3. The largest absolute Gasteiger partial charge is 0.414 e. The van der Waals surface area contributed by atoms with E-state index in [9.17, 15) is 4.79 Å². The summed E-state index contributed by atoms with van der Waals surface area (Å²) in [7, 11) is -1.65. The fraction of sp³-hybridized carbons (Fsp3) is 0.611. The van der Waals surface area contributed by atoms with Gasteiger partial charge in [-0.3, -0.25) is 4.79 Å². The molecular weight excluding hydrogens is 308 g/mol. The van der Waals surface area contributed by atoms with E-state index in [0.717, 1.165) is 12.8 Å². The molecule has 1 aromatic carbocycles. The Labute approximate surface area is 141 Å². The minimum atomic E-state index is -1.65. The molecule has 0 aliphatic heterocycles.